The van der Waals surface area contributed by atoms with Crippen molar-refractivity contribution in [2.75, 3.05) is 0 Å². The van der Waals surface area contributed by atoms with Gasteiger partial charge in [0.2, 0.25) is 0 Å². The topological polar surface area (TPSA) is 42.0 Å². The van der Waals surface area contributed by atoms with Gasteiger partial charge in [-0.05, 0) is 31.5 Å². The minimum atomic E-state index is -0.0712. The predicted octanol–water partition coefficient (Wildman–Crippen LogP) is 4.03. The number of rotatable bonds is 3. The smallest absolute Gasteiger partial charge is 0.252 e. The van der Waals surface area contributed by atoms with Crippen molar-refractivity contribution in [1.29, 1.82) is 0 Å². The van der Waals surface area contributed by atoms with E-state index in [1.165, 1.54) is 0 Å². The van der Waals surface area contributed by atoms with E-state index >= 15 is 0 Å². The lowest BCUT2D eigenvalue weighted by Gasteiger charge is -2.15. The molecule has 3 aromatic rings. The number of nitrogens with zero attached hydrogens (tertiary/aromatic N) is 1. The van der Waals surface area contributed by atoms with E-state index in [2.05, 4.69) is 10.3 Å². The summed E-state index contributed by atoms with van der Waals surface area (Å²) in [4.78, 5) is 17.1. The molecule has 0 radical (unpaired) electrons. The zero-order chi connectivity index (χ0) is 15.5. The molecule has 3 nitrogen and oxygen atoms in total. The van der Waals surface area contributed by atoms with Gasteiger partial charge in [-0.25, -0.2) is 0 Å². The van der Waals surface area contributed by atoms with E-state index in [-0.39, 0.29) is 11.9 Å². The molecular formula is C19H18N2O. The van der Waals surface area contributed by atoms with Crippen molar-refractivity contribution in [3.8, 4) is 0 Å². The van der Waals surface area contributed by atoms with Crippen molar-refractivity contribution in [1.82, 2.24) is 10.3 Å². The van der Waals surface area contributed by atoms with Crippen LogP contribution in [0.4, 0.5) is 0 Å². The third kappa shape index (κ3) is 2.84. The molecule has 0 spiro atoms. The van der Waals surface area contributed by atoms with E-state index in [1.807, 2.05) is 74.5 Å². The Morgan fingerprint density at radius 2 is 1.73 bits per heavy atom. The molecule has 0 saturated heterocycles. The standard InChI is InChI=1S/C19H18N2O/c1-13-12-17(16-10-6-7-11-18(16)20-13)19(22)21-14(2)15-8-4-3-5-9-15/h3-12,14H,1-2H3,(H,21,22). The number of hydrogen-bond donors (Lipinski definition) is 1. The van der Waals surface area contributed by atoms with Crippen LogP contribution in [0.5, 0.6) is 0 Å². The van der Waals surface area contributed by atoms with Gasteiger partial charge in [0.15, 0.2) is 0 Å². The summed E-state index contributed by atoms with van der Waals surface area (Å²) in [6, 6.07) is 19.5. The fourth-order valence-corrected chi connectivity index (χ4v) is 2.60. The van der Waals surface area contributed by atoms with Crippen LogP contribution in [-0.4, -0.2) is 10.9 Å². The SMILES string of the molecule is Cc1cc(C(=O)NC(C)c2ccccc2)c2ccccc2n1. The molecule has 0 aliphatic heterocycles. The molecule has 0 saturated carbocycles. The van der Waals surface area contributed by atoms with Gasteiger partial charge in [-0.1, -0.05) is 48.5 Å². The average molecular weight is 290 g/mol. The molecule has 0 fully saturated rings. The summed E-state index contributed by atoms with van der Waals surface area (Å²) in [6.07, 6.45) is 0. The van der Waals surface area contributed by atoms with E-state index in [4.69, 9.17) is 0 Å². The highest BCUT2D eigenvalue weighted by Crippen LogP contribution is 2.19. The zero-order valence-corrected chi connectivity index (χ0v) is 12.7. The minimum absolute atomic E-state index is 0.0408. The number of nitrogens with one attached hydrogen (secondary N) is 1. The number of aromatic nitrogens is 1. The van der Waals surface area contributed by atoms with Gasteiger partial charge in [0.05, 0.1) is 17.1 Å². The Balaban J connectivity index is 1.93. The molecule has 2 aromatic carbocycles. The van der Waals surface area contributed by atoms with Crippen LogP contribution in [0.1, 0.15) is 34.6 Å². The highest BCUT2D eigenvalue weighted by molar-refractivity contribution is 6.06. The number of aryl methyl sites for hydroxylation is 1. The molecule has 0 aliphatic carbocycles. The molecule has 22 heavy (non-hydrogen) atoms. The van der Waals surface area contributed by atoms with Gasteiger partial charge >= 0.3 is 0 Å². The van der Waals surface area contributed by atoms with Gasteiger partial charge in [-0.2, -0.15) is 0 Å². The molecule has 1 N–H and O–H groups in total. The molecule has 0 bridgehead atoms. The second-order valence-corrected chi connectivity index (χ2v) is 5.43. The van der Waals surface area contributed by atoms with Crippen LogP contribution in [0.2, 0.25) is 0 Å². The van der Waals surface area contributed by atoms with Gasteiger partial charge in [0, 0.05) is 11.1 Å². The van der Waals surface area contributed by atoms with E-state index in [0.29, 0.717) is 5.56 Å². The van der Waals surface area contributed by atoms with Crippen LogP contribution in [0.25, 0.3) is 10.9 Å². The number of carbonyl (C=O) groups is 1. The van der Waals surface area contributed by atoms with Crippen LogP contribution in [0.15, 0.2) is 60.7 Å². The Morgan fingerprint density at radius 3 is 2.50 bits per heavy atom. The monoisotopic (exact) mass is 290 g/mol. The number of carbonyl (C=O) groups excluding carboxylic acids is 1. The van der Waals surface area contributed by atoms with Gasteiger partial charge in [0.1, 0.15) is 0 Å². The van der Waals surface area contributed by atoms with Crippen LogP contribution in [0, 0.1) is 6.92 Å². The van der Waals surface area contributed by atoms with E-state index in [9.17, 15) is 4.79 Å². The number of pyridine rings is 1. The lowest BCUT2D eigenvalue weighted by Crippen LogP contribution is -2.27. The maximum absolute atomic E-state index is 12.7. The summed E-state index contributed by atoms with van der Waals surface area (Å²) < 4.78 is 0. The van der Waals surface area contributed by atoms with Crippen molar-refractivity contribution in [3.05, 3.63) is 77.5 Å². The first-order valence-electron chi connectivity index (χ1n) is 7.37. The maximum atomic E-state index is 12.7. The first-order valence-corrected chi connectivity index (χ1v) is 7.37. The third-order valence-corrected chi connectivity index (χ3v) is 3.74. The normalized spacial score (nSPS) is 12.1. The van der Waals surface area contributed by atoms with Crippen LogP contribution < -0.4 is 5.32 Å². The van der Waals surface area contributed by atoms with Crippen LogP contribution in [-0.2, 0) is 0 Å². The Bertz CT molecular complexity index is 812. The number of benzene rings is 2. The van der Waals surface area contributed by atoms with E-state index in [0.717, 1.165) is 22.2 Å². The van der Waals surface area contributed by atoms with Gasteiger partial charge in [-0.3, -0.25) is 9.78 Å². The first-order chi connectivity index (χ1) is 10.6. The number of amides is 1. The molecule has 1 heterocycles. The highest BCUT2D eigenvalue weighted by Gasteiger charge is 2.14. The summed E-state index contributed by atoms with van der Waals surface area (Å²) in [5, 5.41) is 3.95. The van der Waals surface area contributed by atoms with Gasteiger partial charge in [0.25, 0.3) is 5.91 Å². The van der Waals surface area contributed by atoms with Crippen molar-refractivity contribution in [3.63, 3.8) is 0 Å². The summed E-state index contributed by atoms with van der Waals surface area (Å²) >= 11 is 0. The Morgan fingerprint density at radius 1 is 1.05 bits per heavy atom. The quantitative estimate of drug-likeness (QED) is 0.791. The number of hydrogen-bond acceptors (Lipinski definition) is 2. The zero-order valence-electron chi connectivity index (χ0n) is 12.7. The van der Waals surface area contributed by atoms with Crippen molar-refractivity contribution in [2.45, 2.75) is 19.9 Å². The predicted molar refractivity (Wildman–Crippen MR) is 88.8 cm³/mol. The van der Waals surface area contributed by atoms with Crippen LogP contribution in [0.3, 0.4) is 0 Å². The van der Waals surface area contributed by atoms with E-state index in [1.54, 1.807) is 0 Å². The van der Waals surface area contributed by atoms with Crippen LogP contribution >= 0.6 is 0 Å². The Labute approximate surface area is 130 Å². The summed E-state index contributed by atoms with van der Waals surface area (Å²) in [5.41, 5.74) is 3.45. The Hall–Kier alpha value is -2.68. The Kier molecular flexibility index (Phi) is 3.88. The van der Waals surface area contributed by atoms with Crippen molar-refractivity contribution >= 4 is 16.8 Å². The van der Waals surface area contributed by atoms with Gasteiger partial charge < -0.3 is 5.32 Å². The second-order valence-electron chi connectivity index (χ2n) is 5.43. The largest absolute Gasteiger partial charge is 0.345 e. The molecule has 3 heteroatoms. The van der Waals surface area contributed by atoms with E-state index < -0.39 is 0 Å². The number of fused-ring (bicyclic) bond motifs is 1. The fraction of sp³-hybridized carbons (Fsp3) is 0.158. The number of para-hydroxylation sites is 1. The van der Waals surface area contributed by atoms with Crippen molar-refractivity contribution in [2.24, 2.45) is 0 Å². The highest BCUT2D eigenvalue weighted by atomic mass is 16.1. The molecule has 1 aromatic heterocycles. The first kappa shape index (κ1) is 14.3. The maximum Gasteiger partial charge on any atom is 0.252 e. The molecule has 0 aliphatic rings. The average Bonchev–Trinajstić information content (AvgIpc) is 2.54. The lowest BCUT2D eigenvalue weighted by atomic mass is 10.1. The third-order valence-electron chi connectivity index (χ3n) is 3.74. The molecular weight excluding hydrogens is 272 g/mol. The summed E-state index contributed by atoms with van der Waals surface area (Å²) in [7, 11) is 0. The molecule has 1 unspecified atom stereocenters. The minimum Gasteiger partial charge on any atom is -0.345 e. The van der Waals surface area contributed by atoms with Gasteiger partial charge in [-0.15, -0.1) is 0 Å². The lowest BCUT2D eigenvalue weighted by molar-refractivity contribution is 0.0941. The fourth-order valence-electron chi connectivity index (χ4n) is 2.60. The second kappa shape index (κ2) is 5.98. The summed E-state index contributed by atoms with van der Waals surface area (Å²) in [5.74, 6) is -0.0712. The summed E-state index contributed by atoms with van der Waals surface area (Å²) in [6.45, 7) is 3.90. The molecule has 1 atom stereocenters. The molecule has 1 amide bonds. The molecule has 3 rings (SSSR count). The van der Waals surface area contributed by atoms with Crippen molar-refractivity contribution < 1.29 is 4.79 Å². The molecule has 110 valence electrons.